The monoisotopic (exact) mass is 258 g/mol. The molecule has 1 fully saturated rings. The van der Waals surface area contributed by atoms with Gasteiger partial charge in [-0.05, 0) is 12.1 Å². The zero-order valence-corrected chi connectivity index (χ0v) is 9.22. The molecule has 2 unspecified atom stereocenters. The van der Waals surface area contributed by atoms with Crippen LogP contribution in [0.1, 0.15) is 11.5 Å². The molecule has 1 aromatic rings. The Labute approximate surface area is 90.8 Å². The van der Waals surface area contributed by atoms with Crippen molar-refractivity contribution in [3.63, 3.8) is 0 Å². The molecule has 0 spiro atoms. The average Bonchev–Trinajstić information content (AvgIpc) is 2.52. The molecule has 14 heavy (non-hydrogen) atoms. The zero-order chi connectivity index (χ0) is 10.1. The summed E-state index contributed by atoms with van der Waals surface area (Å²) in [6.45, 7) is 1.51. The molecule has 0 amide bonds. The number of rotatable bonds is 1. The highest BCUT2D eigenvalue weighted by Gasteiger charge is 2.28. The predicted molar refractivity (Wildman–Crippen MR) is 57.7 cm³/mol. The van der Waals surface area contributed by atoms with Gasteiger partial charge in [0.15, 0.2) is 0 Å². The third-order valence-corrected chi connectivity index (χ3v) is 3.32. The van der Waals surface area contributed by atoms with Gasteiger partial charge < -0.3 is 11.1 Å². The number of nitrogens with two attached hydrogens (primary N) is 1. The molecule has 1 saturated heterocycles. The molecule has 4 heteroatoms. The fourth-order valence-corrected chi connectivity index (χ4v) is 2.52. The Balaban J connectivity index is 2.39. The van der Waals surface area contributed by atoms with Gasteiger partial charge >= 0.3 is 0 Å². The highest BCUT2D eigenvalue weighted by Crippen LogP contribution is 2.30. The molecular formula is C10H12BrFN2. The summed E-state index contributed by atoms with van der Waals surface area (Å²) in [5, 5.41) is 3.16. The minimum Gasteiger partial charge on any atom is -0.326 e. The summed E-state index contributed by atoms with van der Waals surface area (Å²) >= 11 is 3.36. The van der Waals surface area contributed by atoms with E-state index in [1.54, 1.807) is 6.07 Å². The number of hydrogen-bond acceptors (Lipinski definition) is 2. The van der Waals surface area contributed by atoms with Crippen molar-refractivity contribution in [2.24, 2.45) is 5.73 Å². The summed E-state index contributed by atoms with van der Waals surface area (Å²) in [7, 11) is 0. The van der Waals surface area contributed by atoms with E-state index < -0.39 is 0 Å². The summed E-state index contributed by atoms with van der Waals surface area (Å²) in [6, 6.07) is 5.02. The lowest BCUT2D eigenvalue weighted by Gasteiger charge is -2.16. The van der Waals surface area contributed by atoms with E-state index in [2.05, 4.69) is 21.2 Å². The van der Waals surface area contributed by atoms with Crippen LogP contribution < -0.4 is 11.1 Å². The molecule has 0 radical (unpaired) electrons. The van der Waals surface area contributed by atoms with Crippen LogP contribution >= 0.6 is 15.9 Å². The molecule has 1 aromatic carbocycles. The van der Waals surface area contributed by atoms with Crippen LogP contribution in [0.4, 0.5) is 4.39 Å². The van der Waals surface area contributed by atoms with Crippen molar-refractivity contribution in [2.45, 2.75) is 12.0 Å². The third kappa shape index (κ3) is 1.69. The summed E-state index contributed by atoms with van der Waals surface area (Å²) in [5.74, 6) is -0.103. The molecule has 0 bridgehead atoms. The number of benzene rings is 1. The van der Waals surface area contributed by atoms with E-state index in [4.69, 9.17) is 5.73 Å². The summed E-state index contributed by atoms with van der Waals surface area (Å²) < 4.78 is 14.4. The Hall–Kier alpha value is -0.450. The zero-order valence-electron chi connectivity index (χ0n) is 7.63. The Kier molecular flexibility index (Phi) is 2.85. The van der Waals surface area contributed by atoms with Crippen molar-refractivity contribution >= 4 is 15.9 Å². The molecule has 1 aliphatic rings. The van der Waals surface area contributed by atoms with E-state index in [0.717, 1.165) is 17.6 Å². The first-order valence-electron chi connectivity index (χ1n) is 4.60. The van der Waals surface area contributed by atoms with Crippen molar-refractivity contribution in [3.8, 4) is 0 Å². The van der Waals surface area contributed by atoms with Crippen LogP contribution in [0.15, 0.2) is 22.7 Å². The lowest BCUT2D eigenvalue weighted by Crippen LogP contribution is -2.28. The lowest BCUT2D eigenvalue weighted by molar-refractivity contribution is 0.564. The molecule has 0 saturated carbocycles. The first-order chi connectivity index (χ1) is 6.70. The van der Waals surface area contributed by atoms with Crippen LogP contribution in [0.5, 0.6) is 0 Å². The van der Waals surface area contributed by atoms with E-state index in [9.17, 15) is 4.39 Å². The van der Waals surface area contributed by atoms with E-state index in [-0.39, 0.29) is 17.8 Å². The number of halogens is 2. The summed E-state index contributed by atoms with van der Waals surface area (Å²) in [6.07, 6.45) is 0. The normalized spacial score (nSPS) is 26.8. The Bertz CT molecular complexity index is 323. The van der Waals surface area contributed by atoms with Gasteiger partial charge in [-0.1, -0.05) is 22.0 Å². The van der Waals surface area contributed by atoms with E-state index in [1.807, 2.05) is 6.07 Å². The van der Waals surface area contributed by atoms with Gasteiger partial charge in [0, 0.05) is 35.1 Å². The molecule has 76 valence electrons. The quantitative estimate of drug-likeness (QED) is 0.804. The fraction of sp³-hybridized carbons (Fsp3) is 0.400. The SMILES string of the molecule is NC1CNCC1c1c(F)cccc1Br. The second-order valence-corrected chi connectivity index (χ2v) is 4.42. The van der Waals surface area contributed by atoms with Gasteiger partial charge in [-0.2, -0.15) is 0 Å². The molecule has 2 rings (SSSR count). The first kappa shape index (κ1) is 10.1. The molecule has 3 N–H and O–H groups in total. The van der Waals surface area contributed by atoms with E-state index in [0.29, 0.717) is 5.56 Å². The van der Waals surface area contributed by atoms with Crippen LogP contribution in [0, 0.1) is 5.82 Å². The highest BCUT2D eigenvalue weighted by molar-refractivity contribution is 9.10. The number of nitrogens with one attached hydrogen (secondary N) is 1. The van der Waals surface area contributed by atoms with Crippen molar-refractivity contribution in [3.05, 3.63) is 34.1 Å². The van der Waals surface area contributed by atoms with Crippen LogP contribution in [0.25, 0.3) is 0 Å². The van der Waals surface area contributed by atoms with Crippen LogP contribution in [0.2, 0.25) is 0 Å². The van der Waals surface area contributed by atoms with Gasteiger partial charge in [0.1, 0.15) is 5.82 Å². The average molecular weight is 259 g/mol. The standard InChI is InChI=1S/C10H12BrFN2/c11-7-2-1-3-8(12)10(7)6-4-14-5-9(6)13/h1-3,6,9,14H,4-5,13H2. The highest BCUT2D eigenvalue weighted by atomic mass is 79.9. The van der Waals surface area contributed by atoms with Crippen molar-refractivity contribution in [1.29, 1.82) is 0 Å². The Morgan fingerprint density at radius 3 is 2.79 bits per heavy atom. The molecule has 0 aliphatic carbocycles. The Morgan fingerprint density at radius 1 is 1.43 bits per heavy atom. The smallest absolute Gasteiger partial charge is 0.127 e. The van der Waals surface area contributed by atoms with Crippen LogP contribution in [-0.4, -0.2) is 19.1 Å². The van der Waals surface area contributed by atoms with Gasteiger partial charge in [-0.3, -0.25) is 0 Å². The maximum absolute atomic E-state index is 13.6. The topological polar surface area (TPSA) is 38.0 Å². The van der Waals surface area contributed by atoms with E-state index in [1.165, 1.54) is 6.07 Å². The van der Waals surface area contributed by atoms with Crippen molar-refractivity contribution in [1.82, 2.24) is 5.32 Å². The van der Waals surface area contributed by atoms with Gasteiger partial charge in [-0.15, -0.1) is 0 Å². The maximum Gasteiger partial charge on any atom is 0.127 e. The van der Waals surface area contributed by atoms with Gasteiger partial charge in [-0.25, -0.2) is 4.39 Å². The van der Waals surface area contributed by atoms with Gasteiger partial charge in [0.05, 0.1) is 0 Å². The number of hydrogen-bond donors (Lipinski definition) is 2. The first-order valence-corrected chi connectivity index (χ1v) is 5.39. The second kappa shape index (κ2) is 3.96. The molecule has 1 aliphatic heterocycles. The lowest BCUT2D eigenvalue weighted by atomic mass is 9.94. The largest absolute Gasteiger partial charge is 0.326 e. The molecule has 2 nitrogen and oxygen atoms in total. The summed E-state index contributed by atoms with van der Waals surface area (Å²) in [5.41, 5.74) is 6.60. The molecule has 1 heterocycles. The minimum absolute atomic E-state index is 0.00296. The second-order valence-electron chi connectivity index (χ2n) is 3.56. The fourth-order valence-electron chi connectivity index (χ4n) is 1.88. The van der Waals surface area contributed by atoms with Crippen LogP contribution in [0.3, 0.4) is 0 Å². The predicted octanol–water partition coefficient (Wildman–Crippen LogP) is 1.60. The molecule has 2 atom stereocenters. The summed E-state index contributed by atoms with van der Waals surface area (Å²) in [4.78, 5) is 0. The van der Waals surface area contributed by atoms with Crippen LogP contribution in [-0.2, 0) is 0 Å². The Morgan fingerprint density at radius 2 is 2.21 bits per heavy atom. The van der Waals surface area contributed by atoms with Crippen molar-refractivity contribution in [2.75, 3.05) is 13.1 Å². The molecular weight excluding hydrogens is 247 g/mol. The van der Waals surface area contributed by atoms with Gasteiger partial charge in [0.25, 0.3) is 0 Å². The van der Waals surface area contributed by atoms with Gasteiger partial charge in [0.2, 0.25) is 0 Å². The minimum atomic E-state index is -0.177. The van der Waals surface area contributed by atoms with E-state index >= 15 is 0 Å². The molecule has 0 aromatic heterocycles. The van der Waals surface area contributed by atoms with Crippen molar-refractivity contribution < 1.29 is 4.39 Å². The third-order valence-electron chi connectivity index (χ3n) is 2.63. The maximum atomic E-state index is 13.6.